The second-order valence-corrected chi connectivity index (χ2v) is 13.5. The Morgan fingerprint density at radius 2 is 1.60 bits per heavy atom. The predicted molar refractivity (Wildman–Crippen MR) is 191 cm³/mol. The second-order valence-electron chi connectivity index (χ2n) is 11.2. The van der Waals surface area contributed by atoms with Crippen LogP contribution < -0.4 is 20.1 Å². The summed E-state index contributed by atoms with van der Waals surface area (Å²) in [7, 11) is 3.01. The van der Waals surface area contributed by atoms with E-state index in [-0.39, 0.29) is 17.4 Å². The van der Waals surface area contributed by atoms with Gasteiger partial charge in [-0.1, -0.05) is 72.8 Å². The number of hydrogen-bond acceptors (Lipinski definition) is 8. The molecule has 2 heterocycles. The fourth-order valence-electron chi connectivity index (χ4n) is 5.77. The van der Waals surface area contributed by atoms with Crippen molar-refractivity contribution in [2.45, 2.75) is 29.7 Å². The normalized spacial score (nSPS) is 13.1. The number of nitriles is 1. The van der Waals surface area contributed by atoms with Crippen LogP contribution in [0.4, 0.5) is 10.7 Å². The van der Waals surface area contributed by atoms with Crippen molar-refractivity contribution < 1.29 is 19.1 Å². The first kappa shape index (κ1) is 32.8. The summed E-state index contributed by atoms with van der Waals surface area (Å²) < 4.78 is 10.8. The van der Waals surface area contributed by atoms with Gasteiger partial charge >= 0.3 is 0 Å². The highest BCUT2D eigenvalue weighted by atomic mass is 32.2. The fraction of sp³-hybridized carbons (Fsp3) is 0.184. The number of ether oxygens (including phenoxy) is 2. The Hall–Kier alpha value is -5.08. The minimum Gasteiger partial charge on any atom is -0.496 e. The van der Waals surface area contributed by atoms with Gasteiger partial charge in [-0.3, -0.25) is 14.5 Å². The van der Waals surface area contributed by atoms with Gasteiger partial charge in [0.05, 0.1) is 19.8 Å². The van der Waals surface area contributed by atoms with Crippen LogP contribution in [-0.2, 0) is 24.3 Å². The maximum Gasteiger partial charge on any atom is 0.263 e. The van der Waals surface area contributed by atoms with Gasteiger partial charge in [0.15, 0.2) is 0 Å². The molecule has 0 saturated carbocycles. The van der Waals surface area contributed by atoms with Gasteiger partial charge in [-0.2, -0.15) is 5.26 Å². The van der Waals surface area contributed by atoms with Gasteiger partial charge in [0.1, 0.15) is 33.4 Å². The van der Waals surface area contributed by atoms with Crippen LogP contribution >= 0.6 is 23.1 Å². The van der Waals surface area contributed by atoms with Gasteiger partial charge in [-0.25, -0.2) is 0 Å². The molecule has 242 valence electrons. The molecular weight excluding hydrogens is 641 g/mol. The van der Waals surface area contributed by atoms with E-state index >= 15 is 0 Å². The third kappa shape index (κ3) is 7.39. The number of rotatable bonds is 11. The van der Waals surface area contributed by atoms with Crippen molar-refractivity contribution in [1.29, 1.82) is 5.26 Å². The van der Waals surface area contributed by atoms with Crippen molar-refractivity contribution >= 4 is 45.6 Å². The van der Waals surface area contributed by atoms with E-state index in [1.54, 1.807) is 24.3 Å². The van der Waals surface area contributed by atoms with Crippen LogP contribution in [0.5, 0.6) is 11.5 Å². The molecule has 8 nitrogen and oxygen atoms in total. The zero-order chi connectivity index (χ0) is 33.5. The minimum atomic E-state index is -0.619. The van der Waals surface area contributed by atoms with Gasteiger partial charge in [-0.05, 0) is 53.4 Å². The summed E-state index contributed by atoms with van der Waals surface area (Å²) in [5.74, 6) is 0.190. The topological polar surface area (TPSA) is 104 Å². The zero-order valence-corrected chi connectivity index (χ0v) is 28.2. The van der Waals surface area contributed by atoms with Crippen LogP contribution in [0.25, 0.3) is 0 Å². The minimum absolute atomic E-state index is 0.226. The zero-order valence-electron chi connectivity index (χ0n) is 26.6. The molecule has 5 aromatic rings. The number of nitrogens with one attached hydrogen (secondary N) is 2. The number of hydrogen-bond donors (Lipinski definition) is 2. The van der Waals surface area contributed by atoms with Crippen molar-refractivity contribution in [3.63, 3.8) is 0 Å². The molecule has 0 aliphatic carbocycles. The molecule has 0 fully saturated rings. The molecule has 0 bridgehead atoms. The lowest BCUT2D eigenvalue weighted by Crippen LogP contribution is -2.29. The molecule has 6 rings (SSSR count). The van der Waals surface area contributed by atoms with Crippen molar-refractivity contribution in [2.75, 3.05) is 31.4 Å². The van der Waals surface area contributed by atoms with E-state index in [9.17, 15) is 14.9 Å². The standard InChI is InChI=1S/C38H34N4O4S2/c1-45-31-17-10-18-32(46-2)34(31)36(43)40-27-15-9-16-28(21-27)47-35(26-13-7-4-8-14-26)37(44)41-38-30(22-39)29-19-20-42(24-33(29)48-38)23-25-11-5-3-6-12-25/h3-18,21,35H,19-20,23-24H2,1-2H3,(H,40,43)(H,41,44). The molecule has 1 atom stereocenters. The Labute approximate surface area is 288 Å². The van der Waals surface area contributed by atoms with Gasteiger partial charge in [-0.15, -0.1) is 23.1 Å². The van der Waals surface area contributed by atoms with Gasteiger partial charge in [0.25, 0.3) is 5.91 Å². The van der Waals surface area contributed by atoms with E-state index in [2.05, 4.69) is 33.7 Å². The van der Waals surface area contributed by atoms with Crippen molar-refractivity contribution in [3.8, 4) is 17.6 Å². The quantitative estimate of drug-likeness (QED) is 0.137. The molecule has 1 aliphatic rings. The molecular formula is C38H34N4O4S2. The Morgan fingerprint density at radius 3 is 2.29 bits per heavy atom. The van der Waals surface area contributed by atoms with Crippen molar-refractivity contribution in [1.82, 2.24) is 4.90 Å². The summed E-state index contributed by atoms with van der Waals surface area (Å²) in [6.45, 7) is 2.41. The summed E-state index contributed by atoms with van der Waals surface area (Å²) >= 11 is 2.86. The van der Waals surface area contributed by atoms with Crippen LogP contribution in [0.1, 0.15) is 42.7 Å². The van der Waals surface area contributed by atoms with E-state index in [0.717, 1.165) is 47.0 Å². The maximum absolute atomic E-state index is 14.1. The van der Waals surface area contributed by atoms with Crippen LogP contribution in [-0.4, -0.2) is 37.5 Å². The molecule has 48 heavy (non-hydrogen) atoms. The highest BCUT2D eigenvalue weighted by Crippen LogP contribution is 2.41. The Morgan fingerprint density at radius 1 is 0.917 bits per heavy atom. The number of fused-ring (bicyclic) bond motifs is 1. The number of benzene rings is 4. The van der Waals surface area contributed by atoms with Crippen LogP contribution in [0, 0.1) is 11.3 Å². The number of thiophene rings is 1. The van der Waals surface area contributed by atoms with E-state index < -0.39 is 5.25 Å². The number of thioether (sulfide) groups is 1. The lowest BCUT2D eigenvalue weighted by Gasteiger charge is -2.26. The fourth-order valence-corrected chi connectivity index (χ4v) is 8.10. The third-order valence-electron chi connectivity index (χ3n) is 8.07. The van der Waals surface area contributed by atoms with Crippen molar-refractivity contribution in [2.24, 2.45) is 0 Å². The number of methoxy groups -OCH3 is 2. The molecule has 0 saturated heterocycles. The maximum atomic E-state index is 14.1. The third-order valence-corrected chi connectivity index (χ3v) is 10.5. The summed E-state index contributed by atoms with van der Waals surface area (Å²) in [5, 5.41) is 16.2. The monoisotopic (exact) mass is 674 g/mol. The first-order chi connectivity index (χ1) is 23.5. The van der Waals surface area contributed by atoms with E-state index in [1.165, 1.54) is 42.9 Å². The molecule has 1 aromatic heterocycles. The molecule has 1 unspecified atom stereocenters. The average Bonchev–Trinajstić information content (AvgIpc) is 3.46. The summed E-state index contributed by atoms with van der Waals surface area (Å²) in [5.41, 5.74) is 4.50. The molecule has 10 heteroatoms. The highest BCUT2D eigenvalue weighted by molar-refractivity contribution is 8.00. The number of nitrogens with zero attached hydrogens (tertiary/aromatic N) is 2. The number of amides is 2. The van der Waals surface area contributed by atoms with Crippen molar-refractivity contribution in [3.05, 3.63) is 136 Å². The Balaban J connectivity index is 1.21. The van der Waals surface area contributed by atoms with E-state index in [4.69, 9.17) is 9.47 Å². The average molecular weight is 675 g/mol. The molecule has 0 radical (unpaired) electrons. The Kier molecular flexibility index (Phi) is 10.4. The summed E-state index contributed by atoms with van der Waals surface area (Å²) in [6.07, 6.45) is 0.757. The smallest absolute Gasteiger partial charge is 0.263 e. The van der Waals surface area contributed by atoms with Gasteiger partial charge < -0.3 is 20.1 Å². The number of carbonyl (C=O) groups is 2. The van der Waals surface area contributed by atoms with Crippen LogP contribution in [0.3, 0.4) is 0 Å². The molecule has 2 N–H and O–H groups in total. The first-order valence-corrected chi connectivity index (χ1v) is 17.1. The van der Waals surface area contributed by atoms with Gasteiger partial charge in [0, 0.05) is 35.1 Å². The lowest BCUT2D eigenvalue weighted by atomic mass is 10.0. The second kappa shape index (κ2) is 15.2. The highest BCUT2D eigenvalue weighted by Gasteiger charge is 2.28. The Bertz CT molecular complexity index is 1930. The molecule has 2 amide bonds. The van der Waals surface area contributed by atoms with Crippen LogP contribution in [0.15, 0.2) is 108 Å². The summed E-state index contributed by atoms with van der Waals surface area (Å²) in [6, 6.07) is 34.8. The SMILES string of the molecule is COc1cccc(OC)c1C(=O)Nc1cccc(SC(C(=O)Nc2sc3c(c2C#N)CCN(Cc2ccccc2)C3)c2ccccc2)c1. The van der Waals surface area contributed by atoms with Gasteiger partial charge in [0.2, 0.25) is 5.91 Å². The van der Waals surface area contributed by atoms with Crippen LogP contribution in [0.2, 0.25) is 0 Å². The molecule has 4 aromatic carbocycles. The number of carbonyl (C=O) groups excluding carboxylic acids is 2. The largest absolute Gasteiger partial charge is 0.496 e. The molecule has 1 aliphatic heterocycles. The summed E-state index contributed by atoms with van der Waals surface area (Å²) in [4.78, 5) is 31.6. The van der Waals surface area contributed by atoms with E-state index in [1.807, 2.05) is 66.7 Å². The predicted octanol–water partition coefficient (Wildman–Crippen LogP) is 7.92. The molecule has 0 spiro atoms. The van der Waals surface area contributed by atoms with E-state index in [0.29, 0.717) is 27.8 Å². The number of anilines is 2. The lowest BCUT2D eigenvalue weighted by molar-refractivity contribution is -0.115. The first-order valence-electron chi connectivity index (χ1n) is 15.4.